The maximum absolute atomic E-state index is 2.21. The molecular formula is C13H18NS+. The van der Waals surface area contributed by atoms with E-state index in [1.807, 2.05) is 29.0 Å². The van der Waals surface area contributed by atoms with Gasteiger partial charge in [0, 0.05) is 18.6 Å². The minimum Gasteiger partial charge on any atom is -0.205 e. The molecule has 1 nitrogen and oxygen atoms in total. The van der Waals surface area contributed by atoms with Crippen LogP contribution in [0.2, 0.25) is 0 Å². The van der Waals surface area contributed by atoms with Crippen molar-refractivity contribution in [1.82, 2.24) is 0 Å². The number of nitrogens with zero attached hydrogens (tertiary/aromatic N) is 1. The van der Waals surface area contributed by atoms with Gasteiger partial charge in [0.15, 0.2) is 12.4 Å². The van der Waals surface area contributed by atoms with Gasteiger partial charge in [-0.2, -0.15) is 11.3 Å². The molecule has 0 spiro atoms. The lowest BCUT2D eigenvalue weighted by Crippen LogP contribution is -2.31. The molecule has 0 aliphatic carbocycles. The van der Waals surface area contributed by atoms with Gasteiger partial charge in [-0.15, -0.1) is 0 Å². The van der Waals surface area contributed by atoms with Crippen molar-refractivity contribution in [1.29, 1.82) is 0 Å². The van der Waals surface area contributed by atoms with Crippen LogP contribution in [0.3, 0.4) is 0 Å². The van der Waals surface area contributed by atoms with Crippen molar-refractivity contribution in [3.63, 3.8) is 0 Å². The van der Waals surface area contributed by atoms with E-state index < -0.39 is 0 Å². The summed E-state index contributed by atoms with van der Waals surface area (Å²) in [5.41, 5.74) is 0. The van der Waals surface area contributed by atoms with E-state index in [0.29, 0.717) is 0 Å². The van der Waals surface area contributed by atoms with Gasteiger partial charge in [-0.3, -0.25) is 0 Å². The van der Waals surface area contributed by atoms with Gasteiger partial charge in [-0.25, -0.2) is 4.57 Å². The summed E-state index contributed by atoms with van der Waals surface area (Å²) in [4.78, 5) is 0. The Morgan fingerprint density at radius 2 is 1.60 bits per heavy atom. The zero-order valence-corrected chi connectivity index (χ0v) is 9.99. The average molecular weight is 220 g/mol. The molecule has 0 aliphatic rings. The predicted octanol–water partition coefficient (Wildman–Crippen LogP) is 3.52. The fourth-order valence-electron chi connectivity index (χ4n) is 1.15. The number of unbranched alkanes of at least 4 members (excludes halogenated alkanes) is 1. The van der Waals surface area contributed by atoms with E-state index in [-0.39, 0.29) is 0 Å². The minimum absolute atomic E-state index is 1.15. The van der Waals surface area contributed by atoms with Crippen LogP contribution in [-0.4, -0.2) is 0 Å². The predicted molar refractivity (Wildman–Crippen MR) is 65.9 cm³/mol. The standard InChI is InChI=1S/C9H14N.C4H4S/c1-2-3-7-10-8-5-4-6-9-10;1-2-4-5-3-1/h4-6,8-9H,2-3,7H2,1H3;1-4H/q+1;. The number of rotatable bonds is 3. The lowest BCUT2D eigenvalue weighted by Gasteiger charge is -1.91. The van der Waals surface area contributed by atoms with Gasteiger partial charge in [0.05, 0.1) is 0 Å². The molecule has 0 saturated carbocycles. The van der Waals surface area contributed by atoms with Crippen LogP contribution in [-0.2, 0) is 6.54 Å². The maximum Gasteiger partial charge on any atom is 0.168 e. The van der Waals surface area contributed by atoms with E-state index in [4.69, 9.17) is 0 Å². The zero-order valence-electron chi connectivity index (χ0n) is 9.17. The molecule has 0 radical (unpaired) electrons. The molecule has 0 amide bonds. The number of aromatic nitrogens is 1. The fraction of sp³-hybridized carbons (Fsp3) is 0.308. The zero-order chi connectivity index (χ0) is 10.8. The Balaban J connectivity index is 0.000000187. The van der Waals surface area contributed by atoms with Crippen LogP contribution in [0, 0.1) is 0 Å². The van der Waals surface area contributed by atoms with Crippen molar-refractivity contribution < 1.29 is 4.57 Å². The first-order chi connectivity index (χ1) is 7.43. The van der Waals surface area contributed by atoms with Gasteiger partial charge in [0.2, 0.25) is 0 Å². The summed E-state index contributed by atoms with van der Waals surface area (Å²) in [6, 6.07) is 10.2. The van der Waals surface area contributed by atoms with Gasteiger partial charge in [0.1, 0.15) is 6.54 Å². The highest BCUT2D eigenvalue weighted by Gasteiger charge is 1.93. The minimum atomic E-state index is 1.15. The van der Waals surface area contributed by atoms with Crippen LogP contribution in [0.15, 0.2) is 53.5 Å². The number of hydrogen-bond acceptors (Lipinski definition) is 1. The van der Waals surface area contributed by atoms with Gasteiger partial charge in [0.25, 0.3) is 0 Å². The number of aryl methyl sites for hydroxylation is 1. The van der Waals surface area contributed by atoms with Crippen molar-refractivity contribution in [2.75, 3.05) is 0 Å². The van der Waals surface area contributed by atoms with Crippen molar-refractivity contribution in [2.24, 2.45) is 0 Å². The van der Waals surface area contributed by atoms with Crippen molar-refractivity contribution in [3.8, 4) is 0 Å². The van der Waals surface area contributed by atoms with Crippen LogP contribution < -0.4 is 4.57 Å². The molecule has 0 aliphatic heterocycles. The van der Waals surface area contributed by atoms with Gasteiger partial charge in [-0.1, -0.05) is 31.5 Å². The first-order valence-corrected chi connectivity index (χ1v) is 6.29. The van der Waals surface area contributed by atoms with Crippen LogP contribution in [0.5, 0.6) is 0 Å². The SMILES string of the molecule is CCCC[n+]1ccccc1.c1ccsc1. The maximum atomic E-state index is 2.21. The smallest absolute Gasteiger partial charge is 0.168 e. The second-order valence-electron chi connectivity index (χ2n) is 3.26. The summed E-state index contributed by atoms with van der Waals surface area (Å²) in [6.45, 7) is 3.36. The molecule has 0 bridgehead atoms. The van der Waals surface area contributed by atoms with E-state index in [0.717, 1.165) is 6.54 Å². The van der Waals surface area contributed by atoms with Gasteiger partial charge in [-0.05, 0) is 10.8 Å². The molecule has 2 aromatic rings. The Morgan fingerprint density at radius 1 is 0.933 bits per heavy atom. The molecule has 2 aromatic heterocycles. The summed E-state index contributed by atoms with van der Waals surface area (Å²) < 4.78 is 2.21. The molecule has 80 valence electrons. The molecule has 0 unspecified atom stereocenters. The molecule has 15 heavy (non-hydrogen) atoms. The highest BCUT2D eigenvalue weighted by Crippen LogP contribution is 1.91. The third-order valence-electron chi connectivity index (χ3n) is 1.97. The average Bonchev–Trinajstić information content (AvgIpc) is 2.86. The third-order valence-corrected chi connectivity index (χ3v) is 2.60. The van der Waals surface area contributed by atoms with E-state index in [1.165, 1.54) is 12.8 Å². The molecule has 2 heteroatoms. The monoisotopic (exact) mass is 220 g/mol. The summed E-state index contributed by atoms with van der Waals surface area (Å²) in [5.74, 6) is 0. The second kappa shape index (κ2) is 8.18. The Hall–Kier alpha value is -1.15. The second-order valence-corrected chi connectivity index (χ2v) is 4.08. The first-order valence-electron chi connectivity index (χ1n) is 5.34. The fourth-order valence-corrected chi connectivity index (χ4v) is 1.60. The molecule has 0 N–H and O–H groups in total. The van der Waals surface area contributed by atoms with E-state index in [9.17, 15) is 0 Å². The van der Waals surface area contributed by atoms with Crippen molar-refractivity contribution in [2.45, 2.75) is 26.3 Å². The van der Waals surface area contributed by atoms with E-state index >= 15 is 0 Å². The van der Waals surface area contributed by atoms with Crippen molar-refractivity contribution >= 4 is 11.3 Å². The summed E-state index contributed by atoms with van der Waals surface area (Å²) in [7, 11) is 0. The Kier molecular flexibility index (Phi) is 6.50. The molecule has 0 aromatic carbocycles. The third kappa shape index (κ3) is 6.02. The number of pyridine rings is 1. The molecule has 0 saturated heterocycles. The molecule has 2 rings (SSSR count). The molecule has 0 fully saturated rings. The highest BCUT2D eigenvalue weighted by atomic mass is 32.1. The van der Waals surface area contributed by atoms with Crippen LogP contribution >= 0.6 is 11.3 Å². The molecular weight excluding hydrogens is 202 g/mol. The van der Waals surface area contributed by atoms with E-state index in [1.54, 1.807) is 11.3 Å². The lowest BCUT2D eigenvalue weighted by molar-refractivity contribution is -0.697. The number of thiophene rings is 1. The first kappa shape index (κ1) is 11.9. The quantitative estimate of drug-likeness (QED) is 0.697. The van der Waals surface area contributed by atoms with Gasteiger partial charge < -0.3 is 0 Å². The van der Waals surface area contributed by atoms with Crippen LogP contribution in [0.1, 0.15) is 19.8 Å². The van der Waals surface area contributed by atoms with Crippen LogP contribution in [0.25, 0.3) is 0 Å². The van der Waals surface area contributed by atoms with Crippen molar-refractivity contribution in [3.05, 3.63) is 53.5 Å². The highest BCUT2D eigenvalue weighted by molar-refractivity contribution is 7.07. The summed E-state index contributed by atoms with van der Waals surface area (Å²) in [6.07, 6.45) is 6.75. The van der Waals surface area contributed by atoms with E-state index in [2.05, 4.69) is 36.0 Å². The lowest BCUT2D eigenvalue weighted by atomic mass is 10.3. The molecule has 2 heterocycles. The summed E-state index contributed by atoms with van der Waals surface area (Å²) >= 11 is 1.71. The molecule has 0 atom stereocenters. The Morgan fingerprint density at radius 3 is 2.07 bits per heavy atom. The van der Waals surface area contributed by atoms with Gasteiger partial charge >= 0.3 is 0 Å². The Bertz CT molecular complexity index is 298. The Labute approximate surface area is 96.0 Å². The van der Waals surface area contributed by atoms with Crippen LogP contribution in [0.4, 0.5) is 0 Å². The summed E-state index contributed by atoms with van der Waals surface area (Å²) in [5, 5.41) is 4.08. The topological polar surface area (TPSA) is 3.88 Å². The largest absolute Gasteiger partial charge is 0.205 e. The normalized spacial score (nSPS) is 9.13. The number of hydrogen-bond donors (Lipinski definition) is 0.